The number of nitrogens with zero attached hydrogens (tertiary/aromatic N) is 2. The van der Waals surface area contributed by atoms with Crippen molar-refractivity contribution in [1.29, 1.82) is 5.26 Å². The van der Waals surface area contributed by atoms with Gasteiger partial charge in [0, 0.05) is 19.6 Å². The van der Waals surface area contributed by atoms with Crippen molar-refractivity contribution in [1.82, 2.24) is 10.2 Å². The molecular formula is C8H9N3O. The minimum Gasteiger partial charge on any atom is -0.313 e. The Morgan fingerprint density at radius 1 is 1.75 bits per heavy atom. The van der Waals surface area contributed by atoms with Gasteiger partial charge in [-0.25, -0.2) is 0 Å². The summed E-state index contributed by atoms with van der Waals surface area (Å²) in [7, 11) is 0. The van der Waals surface area contributed by atoms with E-state index in [-0.39, 0.29) is 0 Å². The van der Waals surface area contributed by atoms with Crippen LogP contribution in [0.3, 0.4) is 0 Å². The number of hydrogen-bond donors (Lipinski definition) is 1. The number of nitriles is 1. The Hall–Kier alpha value is -1.52. The Morgan fingerprint density at radius 2 is 2.50 bits per heavy atom. The molecule has 1 unspecified atom stereocenters. The Labute approximate surface area is 71.2 Å². The molecular weight excluding hydrogens is 154 g/mol. The molecule has 4 nitrogen and oxygen atoms in total. The summed E-state index contributed by atoms with van der Waals surface area (Å²) in [6, 6.07) is 1.60. The van der Waals surface area contributed by atoms with E-state index in [4.69, 9.17) is 11.7 Å². The third-order valence-electron chi connectivity index (χ3n) is 1.78. The molecule has 0 bridgehead atoms. The molecule has 1 heterocycles. The minimum atomic E-state index is -0.415. The van der Waals surface area contributed by atoms with E-state index in [1.54, 1.807) is 0 Å². The van der Waals surface area contributed by atoms with Crippen LogP contribution in [0.25, 0.3) is 0 Å². The van der Waals surface area contributed by atoms with Crippen molar-refractivity contribution in [3.05, 3.63) is 0 Å². The van der Waals surface area contributed by atoms with E-state index in [2.05, 4.69) is 5.32 Å². The van der Waals surface area contributed by atoms with Crippen molar-refractivity contribution >= 4 is 5.91 Å². The Morgan fingerprint density at radius 3 is 3.08 bits per heavy atom. The molecule has 1 saturated heterocycles. The van der Waals surface area contributed by atoms with Gasteiger partial charge in [-0.1, -0.05) is 0 Å². The van der Waals surface area contributed by atoms with Gasteiger partial charge < -0.3 is 10.2 Å². The summed E-state index contributed by atoms with van der Waals surface area (Å²) >= 11 is 0. The average molecular weight is 163 g/mol. The van der Waals surface area contributed by atoms with Crippen LogP contribution in [0.15, 0.2) is 0 Å². The molecule has 1 atom stereocenters. The van der Waals surface area contributed by atoms with Crippen LogP contribution in [0, 0.1) is 23.7 Å². The van der Waals surface area contributed by atoms with E-state index in [9.17, 15) is 4.79 Å². The van der Waals surface area contributed by atoms with Crippen LogP contribution in [-0.4, -0.2) is 36.5 Å². The third kappa shape index (κ3) is 1.55. The smallest absolute Gasteiger partial charge is 0.299 e. The summed E-state index contributed by atoms with van der Waals surface area (Å²) < 4.78 is 0. The fourth-order valence-corrected chi connectivity index (χ4v) is 1.15. The maximum absolute atomic E-state index is 11.0. The molecule has 12 heavy (non-hydrogen) atoms. The van der Waals surface area contributed by atoms with Crippen LogP contribution in [-0.2, 0) is 4.79 Å². The molecule has 1 aliphatic heterocycles. The number of rotatable bonds is 0. The lowest BCUT2D eigenvalue weighted by Crippen LogP contribution is -2.52. The standard InChI is InChI=1S/C8H9N3O/c1-2-8(12)11-4-3-10-6-7(11)5-9/h1,7,10H,3-4,6H2. The van der Waals surface area contributed by atoms with E-state index in [1.807, 2.05) is 12.0 Å². The first-order chi connectivity index (χ1) is 5.79. The van der Waals surface area contributed by atoms with Gasteiger partial charge >= 0.3 is 0 Å². The van der Waals surface area contributed by atoms with Crippen molar-refractivity contribution in [2.75, 3.05) is 19.6 Å². The highest BCUT2D eigenvalue weighted by molar-refractivity contribution is 5.93. The molecule has 0 aliphatic carbocycles. The lowest BCUT2D eigenvalue weighted by Gasteiger charge is -2.30. The van der Waals surface area contributed by atoms with Crippen LogP contribution in [0.5, 0.6) is 0 Å². The lowest BCUT2D eigenvalue weighted by molar-refractivity contribution is -0.126. The van der Waals surface area contributed by atoms with Gasteiger partial charge in [0.2, 0.25) is 0 Å². The summed E-state index contributed by atoms with van der Waals surface area (Å²) in [5.74, 6) is 1.61. The van der Waals surface area contributed by atoms with Gasteiger partial charge in [-0.05, 0) is 5.92 Å². The SMILES string of the molecule is C#CC(=O)N1CCNCC1C#N. The molecule has 1 fully saturated rings. The predicted molar refractivity (Wildman–Crippen MR) is 42.8 cm³/mol. The summed E-state index contributed by atoms with van der Waals surface area (Å²) in [4.78, 5) is 12.5. The van der Waals surface area contributed by atoms with E-state index in [1.165, 1.54) is 4.90 Å². The number of nitrogens with one attached hydrogen (secondary N) is 1. The molecule has 1 amide bonds. The van der Waals surface area contributed by atoms with Crippen molar-refractivity contribution in [2.45, 2.75) is 6.04 Å². The monoisotopic (exact) mass is 163 g/mol. The Bertz CT molecular complexity index is 260. The average Bonchev–Trinajstić information content (AvgIpc) is 2.16. The van der Waals surface area contributed by atoms with Gasteiger partial charge in [0.05, 0.1) is 6.07 Å². The zero-order valence-corrected chi connectivity index (χ0v) is 6.58. The second kappa shape index (κ2) is 3.75. The minimum absolute atomic E-state index is 0.400. The quantitative estimate of drug-likeness (QED) is 0.463. The van der Waals surface area contributed by atoms with E-state index < -0.39 is 11.9 Å². The molecule has 1 aliphatic rings. The molecule has 0 aromatic carbocycles. The number of carbonyl (C=O) groups excluding carboxylic acids is 1. The van der Waals surface area contributed by atoms with Crippen LogP contribution in [0.1, 0.15) is 0 Å². The van der Waals surface area contributed by atoms with E-state index in [0.717, 1.165) is 0 Å². The number of carbonyl (C=O) groups is 1. The Kier molecular flexibility index (Phi) is 2.68. The van der Waals surface area contributed by atoms with E-state index >= 15 is 0 Å². The third-order valence-corrected chi connectivity index (χ3v) is 1.78. The van der Waals surface area contributed by atoms with Crippen LogP contribution in [0.2, 0.25) is 0 Å². The van der Waals surface area contributed by atoms with Gasteiger partial charge in [-0.3, -0.25) is 4.79 Å². The highest BCUT2D eigenvalue weighted by Crippen LogP contribution is 2.01. The van der Waals surface area contributed by atoms with Crippen molar-refractivity contribution in [3.63, 3.8) is 0 Å². The largest absolute Gasteiger partial charge is 0.313 e. The molecule has 1 rings (SSSR count). The highest BCUT2D eigenvalue weighted by Gasteiger charge is 2.24. The number of hydrogen-bond acceptors (Lipinski definition) is 3. The fraction of sp³-hybridized carbons (Fsp3) is 0.500. The number of amides is 1. The molecule has 0 saturated carbocycles. The van der Waals surface area contributed by atoms with Crippen LogP contribution in [0.4, 0.5) is 0 Å². The number of terminal acetylenes is 1. The van der Waals surface area contributed by atoms with Gasteiger partial charge in [0.1, 0.15) is 6.04 Å². The van der Waals surface area contributed by atoms with Crippen LogP contribution >= 0.6 is 0 Å². The maximum Gasteiger partial charge on any atom is 0.299 e. The van der Waals surface area contributed by atoms with Crippen molar-refractivity contribution in [2.24, 2.45) is 0 Å². The second-order valence-corrected chi connectivity index (χ2v) is 2.49. The summed E-state index contributed by atoms with van der Waals surface area (Å²) in [6.45, 7) is 1.72. The number of piperazine rings is 1. The fourth-order valence-electron chi connectivity index (χ4n) is 1.15. The van der Waals surface area contributed by atoms with Gasteiger partial charge in [0.15, 0.2) is 0 Å². The molecule has 0 spiro atoms. The Balaban J connectivity index is 2.68. The van der Waals surface area contributed by atoms with Crippen molar-refractivity contribution < 1.29 is 4.79 Å². The van der Waals surface area contributed by atoms with Crippen LogP contribution < -0.4 is 5.32 Å². The molecule has 4 heteroatoms. The normalized spacial score (nSPS) is 22.5. The summed E-state index contributed by atoms with van der Waals surface area (Å²) in [5.41, 5.74) is 0. The molecule has 0 aromatic heterocycles. The van der Waals surface area contributed by atoms with Gasteiger partial charge in [0.25, 0.3) is 5.91 Å². The van der Waals surface area contributed by atoms with E-state index in [0.29, 0.717) is 19.6 Å². The lowest BCUT2D eigenvalue weighted by atomic mass is 10.2. The summed E-state index contributed by atoms with van der Waals surface area (Å²) in [5, 5.41) is 11.7. The predicted octanol–water partition coefficient (Wildman–Crippen LogP) is -1.06. The molecule has 0 aromatic rings. The summed E-state index contributed by atoms with van der Waals surface area (Å²) in [6.07, 6.45) is 4.95. The maximum atomic E-state index is 11.0. The van der Waals surface area contributed by atoms with Crippen molar-refractivity contribution in [3.8, 4) is 18.4 Å². The molecule has 62 valence electrons. The zero-order valence-electron chi connectivity index (χ0n) is 6.58. The highest BCUT2D eigenvalue weighted by atomic mass is 16.2. The van der Waals surface area contributed by atoms with Gasteiger partial charge in [-0.15, -0.1) is 6.42 Å². The zero-order chi connectivity index (χ0) is 8.97. The first-order valence-electron chi connectivity index (χ1n) is 3.67. The topological polar surface area (TPSA) is 56.1 Å². The van der Waals surface area contributed by atoms with Gasteiger partial charge in [-0.2, -0.15) is 5.26 Å². The molecule has 1 N–H and O–H groups in total. The first kappa shape index (κ1) is 8.58. The molecule has 0 radical (unpaired) electrons. The first-order valence-corrected chi connectivity index (χ1v) is 3.67. The second-order valence-electron chi connectivity index (χ2n) is 2.49.